The molecule has 0 bridgehead atoms. The SMILES string of the molecule is CN(C)Cc1cncc(-c2ccc(-c3cc(C(=O)O)ccc3Cl)cc2)c1. The minimum atomic E-state index is -0.969. The third kappa shape index (κ3) is 4.10. The van der Waals surface area contributed by atoms with Crippen LogP contribution in [0.3, 0.4) is 0 Å². The molecule has 5 heteroatoms. The molecular formula is C21H19ClN2O2. The zero-order valence-corrected chi connectivity index (χ0v) is 15.4. The molecular weight excluding hydrogens is 348 g/mol. The van der Waals surface area contributed by atoms with Crippen molar-refractivity contribution in [3.8, 4) is 22.3 Å². The molecule has 0 spiro atoms. The quantitative estimate of drug-likeness (QED) is 0.702. The van der Waals surface area contributed by atoms with Gasteiger partial charge in [0.15, 0.2) is 0 Å². The van der Waals surface area contributed by atoms with Crippen LogP contribution in [0.15, 0.2) is 60.9 Å². The van der Waals surface area contributed by atoms with Gasteiger partial charge in [0.1, 0.15) is 0 Å². The maximum absolute atomic E-state index is 11.2. The van der Waals surface area contributed by atoms with Crippen molar-refractivity contribution in [2.24, 2.45) is 0 Å². The van der Waals surface area contributed by atoms with Crippen molar-refractivity contribution in [3.05, 3.63) is 77.1 Å². The summed E-state index contributed by atoms with van der Waals surface area (Å²) in [4.78, 5) is 17.6. The Morgan fingerprint density at radius 3 is 2.35 bits per heavy atom. The number of rotatable bonds is 5. The summed E-state index contributed by atoms with van der Waals surface area (Å²) in [5, 5.41) is 9.70. The van der Waals surface area contributed by atoms with Crippen LogP contribution in [-0.2, 0) is 6.54 Å². The van der Waals surface area contributed by atoms with Crippen molar-refractivity contribution in [3.63, 3.8) is 0 Å². The highest BCUT2D eigenvalue weighted by atomic mass is 35.5. The molecule has 0 aliphatic carbocycles. The Bertz CT molecular complexity index is 937. The van der Waals surface area contributed by atoms with Gasteiger partial charge in [-0.1, -0.05) is 35.9 Å². The molecule has 3 rings (SSSR count). The molecule has 0 aliphatic rings. The second-order valence-electron chi connectivity index (χ2n) is 6.40. The van der Waals surface area contributed by atoms with Crippen LogP contribution in [0.4, 0.5) is 0 Å². The summed E-state index contributed by atoms with van der Waals surface area (Å²) in [6.07, 6.45) is 3.71. The molecule has 0 aliphatic heterocycles. The van der Waals surface area contributed by atoms with Crippen LogP contribution in [0.1, 0.15) is 15.9 Å². The Morgan fingerprint density at radius 2 is 1.69 bits per heavy atom. The molecule has 0 saturated heterocycles. The Morgan fingerprint density at radius 1 is 1.00 bits per heavy atom. The lowest BCUT2D eigenvalue weighted by Gasteiger charge is -2.11. The maximum atomic E-state index is 11.2. The van der Waals surface area contributed by atoms with E-state index in [1.54, 1.807) is 12.1 Å². The van der Waals surface area contributed by atoms with Crippen LogP contribution in [-0.4, -0.2) is 35.1 Å². The molecule has 1 heterocycles. The number of carbonyl (C=O) groups is 1. The van der Waals surface area contributed by atoms with Gasteiger partial charge >= 0.3 is 5.97 Å². The monoisotopic (exact) mass is 366 g/mol. The number of carboxylic acids is 1. The van der Waals surface area contributed by atoms with Gasteiger partial charge in [-0.15, -0.1) is 0 Å². The van der Waals surface area contributed by atoms with Crippen LogP contribution < -0.4 is 0 Å². The number of carboxylic acid groups (broad SMARTS) is 1. The largest absolute Gasteiger partial charge is 0.478 e. The van der Waals surface area contributed by atoms with E-state index in [0.29, 0.717) is 10.6 Å². The molecule has 0 atom stereocenters. The lowest BCUT2D eigenvalue weighted by atomic mass is 9.99. The number of nitrogens with zero attached hydrogens (tertiary/aromatic N) is 2. The first-order valence-corrected chi connectivity index (χ1v) is 8.54. The van der Waals surface area contributed by atoms with E-state index in [2.05, 4.69) is 16.0 Å². The first kappa shape index (κ1) is 18.1. The van der Waals surface area contributed by atoms with E-state index in [1.165, 1.54) is 6.07 Å². The minimum absolute atomic E-state index is 0.217. The molecule has 132 valence electrons. The first-order chi connectivity index (χ1) is 12.4. The third-order valence-electron chi connectivity index (χ3n) is 4.04. The fourth-order valence-electron chi connectivity index (χ4n) is 2.82. The summed E-state index contributed by atoms with van der Waals surface area (Å²) in [7, 11) is 4.05. The molecule has 0 fully saturated rings. The van der Waals surface area contributed by atoms with Gasteiger partial charge in [0.05, 0.1) is 5.56 Å². The van der Waals surface area contributed by atoms with Gasteiger partial charge in [0, 0.05) is 35.1 Å². The van der Waals surface area contributed by atoms with Crippen molar-refractivity contribution < 1.29 is 9.90 Å². The van der Waals surface area contributed by atoms with Gasteiger partial charge in [-0.25, -0.2) is 4.79 Å². The van der Waals surface area contributed by atoms with Gasteiger partial charge in [-0.05, 0) is 55.1 Å². The number of aromatic carboxylic acids is 1. The van der Waals surface area contributed by atoms with Crippen molar-refractivity contribution in [1.29, 1.82) is 0 Å². The Balaban J connectivity index is 1.92. The molecule has 2 aromatic carbocycles. The van der Waals surface area contributed by atoms with Crippen LogP contribution in [0.2, 0.25) is 5.02 Å². The van der Waals surface area contributed by atoms with Crippen molar-refractivity contribution >= 4 is 17.6 Å². The minimum Gasteiger partial charge on any atom is -0.478 e. The van der Waals surface area contributed by atoms with E-state index in [9.17, 15) is 9.90 Å². The lowest BCUT2D eigenvalue weighted by molar-refractivity contribution is 0.0697. The van der Waals surface area contributed by atoms with Gasteiger partial charge < -0.3 is 10.0 Å². The fraction of sp³-hybridized carbons (Fsp3) is 0.143. The van der Waals surface area contributed by atoms with E-state index in [4.69, 9.17) is 11.6 Å². The fourth-order valence-corrected chi connectivity index (χ4v) is 3.05. The zero-order valence-electron chi connectivity index (χ0n) is 14.6. The van der Waals surface area contributed by atoms with E-state index >= 15 is 0 Å². The topological polar surface area (TPSA) is 53.4 Å². The van der Waals surface area contributed by atoms with Crippen LogP contribution >= 0.6 is 11.6 Å². The predicted molar refractivity (Wildman–Crippen MR) is 104 cm³/mol. The van der Waals surface area contributed by atoms with E-state index in [0.717, 1.165) is 28.8 Å². The molecule has 0 amide bonds. The van der Waals surface area contributed by atoms with E-state index in [-0.39, 0.29) is 5.56 Å². The molecule has 0 unspecified atom stereocenters. The van der Waals surface area contributed by atoms with Crippen LogP contribution in [0.25, 0.3) is 22.3 Å². The number of halogens is 1. The summed E-state index contributed by atoms with van der Waals surface area (Å²) < 4.78 is 0. The second kappa shape index (κ2) is 7.68. The Kier molecular flexibility index (Phi) is 5.35. The Labute approximate surface area is 157 Å². The summed E-state index contributed by atoms with van der Waals surface area (Å²) in [5.41, 5.74) is 5.04. The summed E-state index contributed by atoms with van der Waals surface area (Å²) in [6.45, 7) is 0.830. The average molecular weight is 367 g/mol. The van der Waals surface area contributed by atoms with Gasteiger partial charge in [0.25, 0.3) is 0 Å². The van der Waals surface area contributed by atoms with Gasteiger partial charge in [-0.3, -0.25) is 4.98 Å². The molecule has 1 aromatic heterocycles. The standard InChI is InChI=1S/C21H19ClN2O2/c1-24(2)13-14-9-18(12-23-11-14)15-3-5-16(6-4-15)19-10-17(21(25)26)7-8-20(19)22/h3-12H,13H2,1-2H3,(H,25,26). The average Bonchev–Trinajstić information content (AvgIpc) is 2.62. The van der Waals surface area contributed by atoms with Gasteiger partial charge in [-0.2, -0.15) is 0 Å². The number of benzene rings is 2. The number of hydrogen-bond acceptors (Lipinski definition) is 3. The third-order valence-corrected chi connectivity index (χ3v) is 4.37. The molecule has 0 saturated carbocycles. The van der Waals surface area contributed by atoms with Crippen molar-refractivity contribution in [1.82, 2.24) is 9.88 Å². The van der Waals surface area contributed by atoms with E-state index < -0.39 is 5.97 Å². The smallest absolute Gasteiger partial charge is 0.335 e. The van der Waals surface area contributed by atoms with Crippen LogP contribution in [0, 0.1) is 0 Å². The Hall–Kier alpha value is -2.69. The highest BCUT2D eigenvalue weighted by Crippen LogP contribution is 2.31. The molecule has 0 radical (unpaired) electrons. The first-order valence-electron chi connectivity index (χ1n) is 8.16. The highest BCUT2D eigenvalue weighted by Gasteiger charge is 2.10. The molecule has 4 nitrogen and oxygen atoms in total. The summed E-state index contributed by atoms with van der Waals surface area (Å²) >= 11 is 6.25. The zero-order chi connectivity index (χ0) is 18.7. The number of hydrogen-bond donors (Lipinski definition) is 1. The van der Waals surface area contributed by atoms with E-state index in [1.807, 2.05) is 50.8 Å². The molecule has 1 N–H and O–H groups in total. The van der Waals surface area contributed by atoms with Crippen molar-refractivity contribution in [2.75, 3.05) is 14.1 Å². The molecule has 26 heavy (non-hydrogen) atoms. The summed E-state index contributed by atoms with van der Waals surface area (Å²) in [6, 6.07) is 14.7. The molecule has 3 aromatic rings. The number of aromatic nitrogens is 1. The normalized spacial score (nSPS) is 10.9. The highest BCUT2D eigenvalue weighted by molar-refractivity contribution is 6.33. The second-order valence-corrected chi connectivity index (χ2v) is 6.80. The summed E-state index contributed by atoms with van der Waals surface area (Å²) in [5.74, 6) is -0.969. The van der Waals surface area contributed by atoms with Crippen LogP contribution in [0.5, 0.6) is 0 Å². The maximum Gasteiger partial charge on any atom is 0.335 e. The predicted octanol–water partition coefficient (Wildman–Crippen LogP) is 4.83. The van der Waals surface area contributed by atoms with Crippen molar-refractivity contribution in [2.45, 2.75) is 6.54 Å². The van der Waals surface area contributed by atoms with Gasteiger partial charge in [0.2, 0.25) is 0 Å². The number of pyridine rings is 1. The lowest BCUT2D eigenvalue weighted by Crippen LogP contribution is -2.10.